The van der Waals surface area contributed by atoms with E-state index in [9.17, 15) is 18.0 Å². The van der Waals surface area contributed by atoms with Crippen LogP contribution in [0, 0.1) is 18.8 Å². The van der Waals surface area contributed by atoms with Gasteiger partial charge in [0, 0.05) is 46.5 Å². The smallest absolute Gasteiger partial charge is 0.322 e. The molecule has 0 unspecified atom stereocenters. The predicted molar refractivity (Wildman–Crippen MR) is 136 cm³/mol. The van der Waals surface area contributed by atoms with Crippen LogP contribution in [0.2, 0.25) is 0 Å². The zero-order valence-corrected chi connectivity index (χ0v) is 19.8. The average molecular weight is 488 g/mol. The highest BCUT2D eigenvalue weighted by Gasteiger charge is 2.33. The Kier molecular flexibility index (Phi) is 7.37. The Hall–Kier alpha value is -4.15. The van der Waals surface area contributed by atoms with Gasteiger partial charge in [0.1, 0.15) is 0 Å². The molecule has 182 valence electrons. The van der Waals surface area contributed by atoms with Crippen molar-refractivity contribution in [1.82, 2.24) is 10.3 Å². The number of carbonyl (C=O) groups is 1. The molecule has 0 aliphatic heterocycles. The van der Waals surface area contributed by atoms with E-state index in [1.165, 1.54) is 12.1 Å². The summed E-state index contributed by atoms with van der Waals surface area (Å²) in [5.74, 6) is 5.73. The number of hydrogen-bond acceptors (Lipinski definition) is 3. The molecule has 7 heteroatoms. The third-order valence-corrected chi connectivity index (χ3v) is 5.74. The van der Waals surface area contributed by atoms with Crippen molar-refractivity contribution in [1.29, 1.82) is 0 Å². The fourth-order valence-electron chi connectivity index (χ4n) is 3.78. The first-order valence-electron chi connectivity index (χ1n) is 11.4. The van der Waals surface area contributed by atoms with Crippen LogP contribution >= 0.6 is 0 Å². The van der Waals surface area contributed by atoms with Crippen molar-refractivity contribution < 1.29 is 18.0 Å². The van der Waals surface area contributed by atoms with E-state index >= 15 is 0 Å². The van der Waals surface area contributed by atoms with Crippen LogP contribution in [-0.2, 0) is 12.7 Å². The SMILES string of the molecule is CCNCc1ccc(NC(=O)c2ccc(C)c(C#Cc3cncc4ccccc34)c2)cc1C(F)(F)F. The number of alkyl halides is 3. The molecule has 1 heterocycles. The fraction of sp³-hybridized carbons (Fsp3) is 0.172. The Balaban J connectivity index is 1.60. The highest BCUT2D eigenvalue weighted by atomic mass is 19.4. The van der Waals surface area contributed by atoms with Gasteiger partial charge in [-0.3, -0.25) is 9.78 Å². The van der Waals surface area contributed by atoms with Crippen molar-refractivity contribution >= 4 is 22.4 Å². The molecule has 1 aromatic heterocycles. The van der Waals surface area contributed by atoms with Crippen LogP contribution in [0.3, 0.4) is 0 Å². The van der Waals surface area contributed by atoms with Gasteiger partial charge in [-0.2, -0.15) is 13.2 Å². The maximum atomic E-state index is 13.6. The van der Waals surface area contributed by atoms with E-state index in [1.807, 2.05) is 38.1 Å². The molecule has 0 saturated heterocycles. The number of aromatic nitrogens is 1. The topological polar surface area (TPSA) is 54.0 Å². The van der Waals surface area contributed by atoms with Crippen LogP contribution in [0.25, 0.3) is 10.8 Å². The summed E-state index contributed by atoms with van der Waals surface area (Å²) in [6, 6.07) is 16.6. The van der Waals surface area contributed by atoms with Gasteiger partial charge in [-0.05, 0) is 48.9 Å². The first-order valence-corrected chi connectivity index (χ1v) is 11.4. The first kappa shape index (κ1) is 25.0. The molecule has 0 bridgehead atoms. The number of fused-ring (bicyclic) bond motifs is 1. The number of hydrogen-bond donors (Lipinski definition) is 2. The number of aryl methyl sites for hydroxylation is 1. The molecule has 0 atom stereocenters. The molecule has 0 fully saturated rings. The lowest BCUT2D eigenvalue weighted by Gasteiger charge is -2.15. The van der Waals surface area contributed by atoms with Crippen LogP contribution in [0.1, 0.15) is 45.1 Å². The number of amides is 1. The van der Waals surface area contributed by atoms with Crippen LogP contribution in [0.5, 0.6) is 0 Å². The summed E-state index contributed by atoms with van der Waals surface area (Å²) in [6.07, 6.45) is -1.07. The molecule has 0 aliphatic carbocycles. The second-order valence-electron chi connectivity index (χ2n) is 8.29. The number of nitrogens with zero attached hydrogens (tertiary/aromatic N) is 1. The van der Waals surface area contributed by atoms with Crippen LogP contribution < -0.4 is 10.6 Å². The van der Waals surface area contributed by atoms with Gasteiger partial charge in [0.2, 0.25) is 0 Å². The highest BCUT2D eigenvalue weighted by Crippen LogP contribution is 2.34. The molecule has 0 aliphatic rings. The highest BCUT2D eigenvalue weighted by molar-refractivity contribution is 6.04. The molecule has 36 heavy (non-hydrogen) atoms. The predicted octanol–water partition coefficient (Wildman–Crippen LogP) is 6.32. The Bertz CT molecular complexity index is 1480. The summed E-state index contributed by atoms with van der Waals surface area (Å²) in [4.78, 5) is 17.1. The zero-order chi connectivity index (χ0) is 25.7. The first-order chi connectivity index (χ1) is 17.3. The lowest BCUT2D eigenvalue weighted by molar-refractivity contribution is -0.138. The molecule has 0 spiro atoms. The van der Waals surface area contributed by atoms with Gasteiger partial charge < -0.3 is 10.6 Å². The molecular weight excluding hydrogens is 463 g/mol. The van der Waals surface area contributed by atoms with Crippen molar-refractivity contribution in [3.05, 3.63) is 106 Å². The summed E-state index contributed by atoms with van der Waals surface area (Å²) in [6.45, 7) is 4.34. The van der Waals surface area contributed by atoms with Gasteiger partial charge in [0.05, 0.1) is 11.1 Å². The maximum Gasteiger partial charge on any atom is 0.416 e. The van der Waals surface area contributed by atoms with E-state index in [1.54, 1.807) is 30.6 Å². The summed E-state index contributed by atoms with van der Waals surface area (Å²) in [7, 11) is 0. The van der Waals surface area contributed by atoms with E-state index in [2.05, 4.69) is 27.5 Å². The van der Waals surface area contributed by atoms with E-state index < -0.39 is 17.6 Å². The Morgan fingerprint density at radius 3 is 2.53 bits per heavy atom. The molecule has 4 aromatic rings. The Labute approximate surface area is 207 Å². The lowest BCUT2D eigenvalue weighted by Crippen LogP contribution is -2.18. The minimum atomic E-state index is -4.53. The van der Waals surface area contributed by atoms with Crippen molar-refractivity contribution in [3.63, 3.8) is 0 Å². The number of rotatable bonds is 5. The number of carbonyl (C=O) groups excluding carboxylic acids is 1. The number of benzene rings is 3. The van der Waals surface area contributed by atoms with Gasteiger partial charge in [-0.1, -0.05) is 55.2 Å². The van der Waals surface area contributed by atoms with Gasteiger partial charge in [-0.15, -0.1) is 0 Å². The molecule has 4 rings (SSSR count). The minimum Gasteiger partial charge on any atom is -0.322 e. The van der Waals surface area contributed by atoms with Crippen LogP contribution in [-0.4, -0.2) is 17.4 Å². The van der Waals surface area contributed by atoms with E-state index in [0.29, 0.717) is 17.7 Å². The van der Waals surface area contributed by atoms with Crippen molar-refractivity contribution in [2.45, 2.75) is 26.6 Å². The van der Waals surface area contributed by atoms with Crippen molar-refractivity contribution in [2.75, 3.05) is 11.9 Å². The van der Waals surface area contributed by atoms with Crippen LogP contribution in [0.15, 0.2) is 73.1 Å². The Morgan fingerprint density at radius 1 is 0.972 bits per heavy atom. The van der Waals surface area contributed by atoms with E-state index in [4.69, 9.17) is 0 Å². The normalized spacial score (nSPS) is 11.1. The standard InChI is InChI=1S/C29H24F3N3O/c1-3-33-18-24-12-13-25(15-27(24)29(30,31)32)35-28(36)21-9-8-19(2)20(14-21)10-11-23-17-34-16-22-6-4-5-7-26(22)23/h4-9,12-17,33H,3,18H2,1-2H3,(H,35,36). The maximum absolute atomic E-state index is 13.6. The molecule has 2 N–H and O–H groups in total. The number of nitrogens with one attached hydrogen (secondary N) is 2. The van der Waals surface area contributed by atoms with E-state index in [0.717, 1.165) is 28.0 Å². The minimum absolute atomic E-state index is 0.0719. The summed E-state index contributed by atoms with van der Waals surface area (Å²) in [5, 5.41) is 7.44. The fourth-order valence-corrected chi connectivity index (χ4v) is 3.78. The largest absolute Gasteiger partial charge is 0.416 e. The molecule has 1 amide bonds. The third kappa shape index (κ3) is 5.73. The summed E-state index contributed by atoms with van der Waals surface area (Å²) in [5.41, 5.74) is 2.00. The van der Waals surface area contributed by atoms with Gasteiger partial charge in [-0.25, -0.2) is 0 Å². The third-order valence-electron chi connectivity index (χ3n) is 5.74. The monoisotopic (exact) mass is 487 g/mol. The summed E-state index contributed by atoms with van der Waals surface area (Å²) >= 11 is 0. The quantitative estimate of drug-likeness (QED) is 0.324. The molecule has 3 aromatic carbocycles. The number of anilines is 1. The average Bonchev–Trinajstić information content (AvgIpc) is 2.86. The Morgan fingerprint density at radius 2 is 1.75 bits per heavy atom. The van der Waals surface area contributed by atoms with Crippen molar-refractivity contribution in [2.24, 2.45) is 0 Å². The zero-order valence-electron chi connectivity index (χ0n) is 19.8. The molecular formula is C29H24F3N3O. The second-order valence-corrected chi connectivity index (χ2v) is 8.29. The molecule has 0 radical (unpaired) electrons. The van der Waals surface area contributed by atoms with Gasteiger partial charge in [0.25, 0.3) is 5.91 Å². The molecule has 4 nitrogen and oxygen atoms in total. The van der Waals surface area contributed by atoms with Crippen molar-refractivity contribution in [3.8, 4) is 11.8 Å². The number of pyridine rings is 1. The van der Waals surface area contributed by atoms with Gasteiger partial charge >= 0.3 is 6.18 Å². The van der Waals surface area contributed by atoms with Crippen LogP contribution in [0.4, 0.5) is 18.9 Å². The lowest BCUT2D eigenvalue weighted by atomic mass is 10.0. The number of halogens is 3. The summed E-state index contributed by atoms with van der Waals surface area (Å²) < 4.78 is 40.7. The second kappa shape index (κ2) is 10.6. The van der Waals surface area contributed by atoms with E-state index in [-0.39, 0.29) is 17.8 Å². The van der Waals surface area contributed by atoms with Gasteiger partial charge in [0.15, 0.2) is 0 Å². The molecule has 0 saturated carbocycles.